The van der Waals surface area contributed by atoms with Gasteiger partial charge in [0.1, 0.15) is 30.4 Å². The molecular weight excluding hydrogens is 860 g/mol. The van der Waals surface area contributed by atoms with Crippen molar-refractivity contribution in [1.29, 1.82) is 0 Å². The number of allylic oxidation sites excluding steroid dienone is 2. The Labute approximate surface area is 341 Å². The van der Waals surface area contributed by atoms with Crippen LogP contribution in [0.1, 0.15) is 62.0 Å². The highest BCUT2D eigenvalue weighted by Crippen LogP contribution is 2.49. The van der Waals surface area contributed by atoms with Crippen LogP contribution >= 0.6 is 11.6 Å². The molecule has 0 saturated heterocycles. The molecule has 324 valence electrons. The van der Waals surface area contributed by atoms with Gasteiger partial charge in [0.2, 0.25) is 22.4 Å². The first-order valence-corrected chi connectivity index (χ1v) is 20.0. The van der Waals surface area contributed by atoms with Crippen LogP contribution in [0.15, 0.2) is 58.8 Å². The van der Waals surface area contributed by atoms with Gasteiger partial charge in [0.15, 0.2) is 5.82 Å². The summed E-state index contributed by atoms with van der Waals surface area (Å²) in [4.78, 5) is 18.4. The van der Waals surface area contributed by atoms with E-state index in [1.165, 1.54) is 38.1 Å². The first-order valence-electron chi connectivity index (χ1n) is 18.2. The van der Waals surface area contributed by atoms with Crippen molar-refractivity contribution in [3.8, 4) is 11.1 Å². The molecule has 2 aromatic heterocycles. The second-order valence-corrected chi connectivity index (χ2v) is 17.4. The highest BCUT2D eigenvalue weighted by Gasteiger charge is 2.54. The number of carbonyl (C=O) groups excluding carboxylic acids is 1. The summed E-state index contributed by atoms with van der Waals surface area (Å²) in [6.07, 6.45) is -11.1. The Hall–Kier alpha value is -4.92. The lowest BCUT2D eigenvalue weighted by atomic mass is 9.87. The second kappa shape index (κ2) is 16.5. The zero-order valence-electron chi connectivity index (χ0n) is 31.7. The van der Waals surface area contributed by atoms with Crippen LogP contribution in [0.25, 0.3) is 22.0 Å². The van der Waals surface area contributed by atoms with E-state index in [9.17, 15) is 48.3 Å². The van der Waals surface area contributed by atoms with Crippen molar-refractivity contribution < 1.29 is 57.1 Å². The number of aryl methyl sites for hydroxylation is 1. The molecule has 2 heterocycles. The fourth-order valence-corrected chi connectivity index (χ4v) is 8.60. The van der Waals surface area contributed by atoms with E-state index in [2.05, 4.69) is 31.9 Å². The number of hydrazone groups is 1. The number of rotatable bonds is 16. The number of benzene rings is 2. The summed E-state index contributed by atoms with van der Waals surface area (Å²) in [6, 6.07) is 6.53. The van der Waals surface area contributed by atoms with Gasteiger partial charge in [-0.25, -0.2) is 43.5 Å². The van der Waals surface area contributed by atoms with E-state index in [0.717, 1.165) is 16.8 Å². The fourth-order valence-electron chi connectivity index (χ4n) is 7.08. The van der Waals surface area contributed by atoms with Gasteiger partial charge in [-0.15, -0.1) is 0 Å². The van der Waals surface area contributed by atoms with E-state index < -0.39 is 113 Å². The summed E-state index contributed by atoms with van der Waals surface area (Å²) in [5.41, 5.74) is -3.20. The highest BCUT2D eigenvalue weighted by atomic mass is 35.5. The van der Waals surface area contributed by atoms with Gasteiger partial charge in [0, 0.05) is 54.4 Å². The second-order valence-electron chi connectivity index (χ2n) is 14.8. The van der Waals surface area contributed by atoms with Crippen LogP contribution in [0.2, 0.25) is 5.02 Å². The van der Waals surface area contributed by atoms with Gasteiger partial charge < -0.3 is 5.32 Å². The molecule has 1 saturated carbocycles. The van der Waals surface area contributed by atoms with Gasteiger partial charge in [-0.1, -0.05) is 23.7 Å². The van der Waals surface area contributed by atoms with Gasteiger partial charge in [0.05, 0.1) is 32.4 Å². The molecule has 1 atom stereocenters. The predicted molar refractivity (Wildman–Crippen MR) is 203 cm³/mol. The van der Waals surface area contributed by atoms with Crippen molar-refractivity contribution in [3.63, 3.8) is 0 Å². The number of hydrogen-bond acceptors (Lipinski definition) is 7. The molecule has 2 aliphatic carbocycles. The number of nitrogens with zero attached hydrogens (tertiary/aromatic N) is 5. The summed E-state index contributed by atoms with van der Waals surface area (Å²) >= 11 is 6.58. The summed E-state index contributed by atoms with van der Waals surface area (Å²) in [7, 11) is -4.10. The number of sulfonamides is 1. The van der Waals surface area contributed by atoms with Crippen LogP contribution in [0, 0.1) is 18.6 Å². The molecule has 2 aromatic carbocycles. The predicted octanol–water partition coefficient (Wildman–Crippen LogP) is 9.19. The van der Waals surface area contributed by atoms with E-state index in [1.54, 1.807) is 0 Å². The lowest BCUT2D eigenvalue weighted by Gasteiger charge is -2.37. The fraction of sp³-hybridized carbons (Fsp3) is 0.421. The van der Waals surface area contributed by atoms with E-state index in [-0.39, 0.29) is 54.8 Å². The maximum absolute atomic E-state index is 15.3. The number of nitrogens with one attached hydrogen (secondary N) is 2. The molecule has 0 spiro atoms. The average molecular weight is 896 g/mol. The summed E-state index contributed by atoms with van der Waals surface area (Å²) in [6.45, 7) is 3.76. The molecule has 2 aliphatic rings. The topological polar surface area (TPSA) is 122 Å². The van der Waals surface area contributed by atoms with E-state index in [4.69, 9.17) is 11.6 Å². The molecule has 1 fully saturated rings. The Bertz CT molecular complexity index is 2460. The van der Waals surface area contributed by atoms with Crippen LogP contribution in [-0.4, -0.2) is 76.8 Å². The number of halogens is 11. The van der Waals surface area contributed by atoms with Crippen LogP contribution in [0.5, 0.6) is 0 Å². The molecule has 4 aromatic rings. The standard InChI is InChI=1S/C38H36ClF10N7O3S/c1-19-4-5-23(24-6-7-26(39)31-33(24)55(17-29(44)45)53-35(31)54-60(58,59)36(2)8-9-36)32(51-19)27(14-20-12-21(40)15-22(41)13-20)52-30(57)18-56(50-3)34-25(16-28(42)43)37(46,47)10-11-38(34,48)49/h4-7,12-13,15,27-29H,3,8-11,14,16-18H2,1-2H3,(H,52,57)(H,53,54)/t27-/m0/s1. The summed E-state index contributed by atoms with van der Waals surface area (Å²) in [5.74, 6) is -11.9. The van der Waals surface area contributed by atoms with E-state index in [1.807, 2.05) is 0 Å². The number of alkyl halides is 8. The lowest BCUT2D eigenvalue weighted by Crippen LogP contribution is -2.45. The summed E-state index contributed by atoms with van der Waals surface area (Å²) in [5, 5.41) is 9.87. The zero-order valence-corrected chi connectivity index (χ0v) is 33.2. The third-order valence-corrected chi connectivity index (χ3v) is 12.8. The van der Waals surface area contributed by atoms with Crippen molar-refractivity contribution in [2.75, 3.05) is 11.3 Å². The first-order chi connectivity index (χ1) is 27.9. The van der Waals surface area contributed by atoms with Gasteiger partial charge in [-0.3, -0.25) is 24.2 Å². The molecule has 0 unspecified atom stereocenters. The Morgan fingerprint density at radius 1 is 0.950 bits per heavy atom. The maximum atomic E-state index is 15.3. The molecule has 22 heteroatoms. The molecule has 1 amide bonds. The third kappa shape index (κ3) is 9.20. The largest absolute Gasteiger partial charge is 0.346 e. The van der Waals surface area contributed by atoms with Gasteiger partial charge in [0.25, 0.3) is 18.3 Å². The molecular formula is C38H36ClF10N7O3S. The molecule has 6 rings (SSSR count). The van der Waals surface area contributed by atoms with Gasteiger partial charge in [-0.05, 0) is 62.9 Å². The van der Waals surface area contributed by atoms with Crippen molar-refractivity contribution >= 4 is 51.0 Å². The van der Waals surface area contributed by atoms with Crippen LogP contribution in [-0.2, 0) is 27.8 Å². The molecule has 2 N–H and O–H groups in total. The molecule has 60 heavy (non-hydrogen) atoms. The normalized spacial score (nSPS) is 17.6. The minimum atomic E-state index is -4.15. The number of aromatic nitrogens is 3. The SMILES string of the molecule is C=NN(CC(=O)N[C@@H](Cc1cc(F)cc(F)c1)c1nc(C)ccc1-c1ccc(Cl)c2c(NS(=O)(=O)C3(C)CC3)nn(CC(F)F)c12)C1=C(CC(F)F)C(F)(F)CCC1(F)F. The highest BCUT2D eigenvalue weighted by molar-refractivity contribution is 7.94. The minimum absolute atomic E-state index is 0.0538. The number of amides is 1. The number of carbonyl (C=O) groups is 1. The molecule has 0 aliphatic heterocycles. The number of pyridine rings is 1. The molecule has 0 bridgehead atoms. The van der Waals surface area contributed by atoms with Crippen LogP contribution < -0.4 is 10.0 Å². The van der Waals surface area contributed by atoms with Crippen molar-refractivity contribution in [3.05, 3.63) is 87.3 Å². The number of hydrogen-bond donors (Lipinski definition) is 2. The van der Waals surface area contributed by atoms with Crippen LogP contribution in [0.3, 0.4) is 0 Å². The zero-order chi connectivity index (χ0) is 44.1. The quantitative estimate of drug-likeness (QED) is 0.0658. The average Bonchev–Trinajstić information content (AvgIpc) is 3.81. The number of fused-ring (bicyclic) bond motifs is 1. The van der Waals surface area contributed by atoms with E-state index in [0.29, 0.717) is 18.9 Å². The Morgan fingerprint density at radius 2 is 1.58 bits per heavy atom. The van der Waals surface area contributed by atoms with E-state index >= 15 is 8.78 Å². The molecule has 10 nitrogen and oxygen atoms in total. The Balaban J connectivity index is 1.49. The Morgan fingerprint density at radius 3 is 2.18 bits per heavy atom. The smallest absolute Gasteiger partial charge is 0.289 e. The van der Waals surface area contributed by atoms with Gasteiger partial charge >= 0.3 is 0 Å². The molecule has 0 radical (unpaired) electrons. The lowest BCUT2D eigenvalue weighted by molar-refractivity contribution is -0.124. The van der Waals surface area contributed by atoms with Crippen molar-refractivity contribution in [1.82, 2.24) is 25.1 Å². The number of anilines is 1. The first kappa shape index (κ1) is 44.6. The summed E-state index contributed by atoms with van der Waals surface area (Å²) < 4.78 is 173. The third-order valence-electron chi connectivity index (χ3n) is 10.3. The Kier molecular flexibility index (Phi) is 12.3. The van der Waals surface area contributed by atoms with Gasteiger partial charge in [-0.2, -0.15) is 19.0 Å². The monoisotopic (exact) mass is 895 g/mol. The van der Waals surface area contributed by atoms with Crippen LogP contribution in [0.4, 0.5) is 49.7 Å². The van der Waals surface area contributed by atoms with Crippen molar-refractivity contribution in [2.24, 2.45) is 5.10 Å². The van der Waals surface area contributed by atoms with Crippen molar-refractivity contribution in [2.45, 2.75) is 94.4 Å². The minimum Gasteiger partial charge on any atom is -0.346 e. The maximum Gasteiger partial charge on any atom is 0.289 e.